The predicted molar refractivity (Wildman–Crippen MR) is 267 cm³/mol. The standard InChI is InChI=1S/C41H33N11O17S6/c1-19-13-28(30(69-11-6-12-72(57,58)59)17-27(19)46-50-41-44-35-31(70-41)14-21(51-71(3,55)56)15-32(35)73(60,61)62)47-49-36-33(74(63,64)65)16-23-22(37(36)53)9-10-26(38(23)75(66,67)68)45-48-34-20(2)24(18-42)39-43-25-7-4-5-8-29(25)52(39)40(34)54/h4-5,7-10,13-17,51,53-54H,6,11-12H2,1-3H3,(H,57,58,59)(H,60,61,62)(H,63,64,65)(H,66,67,68). The minimum Gasteiger partial charge on any atom is -0.505 e. The van der Waals surface area contributed by atoms with Crippen molar-refractivity contribution in [1.29, 1.82) is 5.26 Å². The third-order valence-corrected chi connectivity index (χ3v) is 15.6. The molecule has 0 unspecified atom stereocenters. The Morgan fingerprint density at radius 3 is 2.05 bits per heavy atom. The summed E-state index contributed by atoms with van der Waals surface area (Å²) in [6.45, 7) is 2.44. The van der Waals surface area contributed by atoms with Gasteiger partial charge in [0.25, 0.3) is 40.5 Å². The summed E-state index contributed by atoms with van der Waals surface area (Å²) < 4.78 is 172. The number of aromatic nitrogens is 3. The molecule has 3 heterocycles. The molecule has 5 aromatic carbocycles. The first-order chi connectivity index (χ1) is 34.9. The number of azo groups is 3. The van der Waals surface area contributed by atoms with Crippen molar-refractivity contribution in [1.82, 2.24) is 14.4 Å². The Balaban J connectivity index is 1.22. The van der Waals surface area contributed by atoms with Crippen LogP contribution in [0.3, 0.4) is 0 Å². The van der Waals surface area contributed by atoms with E-state index in [1.807, 2.05) is 6.07 Å². The van der Waals surface area contributed by atoms with Crippen LogP contribution < -0.4 is 9.46 Å². The van der Waals surface area contributed by atoms with E-state index < -0.39 is 111 Å². The largest absolute Gasteiger partial charge is 0.505 e. The molecule has 0 aliphatic rings. The van der Waals surface area contributed by atoms with Crippen LogP contribution in [0.2, 0.25) is 0 Å². The molecule has 3 aromatic heterocycles. The normalized spacial score (nSPS) is 13.1. The van der Waals surface area contributed by atoms with Crippen LogP contribution >= 0.6 is 11.3 Å². The van der Waals surface area contributed by atoms with Gasteiger partial charge >= 0.3 is 0 Å². The summed E-state index contributed by atoms with van der Waals surface area (Å²) in [5.74, 6) is -2.72. The van der Waals surface area contributed by atoms with Crippen molar-refractivity contribution in [3.63, 3.8) is 0 Å². The Morgan fingerprint density at radius 1 is 0.733 bits per heavy atom. The van der Waals surface area contributed by atoms with Crippen LogP contribution in [0.15, 0.2) is 112 Å². The number of imidazole rings is 1. The Labute approximate surface area is 427 Å². The van der Waals surface area contributed by atoms with Gasteiger partial charge < -0.3 is 14.9 Å². The highest BCUT2D eigenvalue weighted by molar-refractivity contribution is 7.92. The van der Waals surface area contributed by atoms with Crippen molar-refractivity contribution < 1.29 is 75.2 Å². The summed E-state index contributed by atoms with van der Waals surface area (Å²) in [4.78, 5) is 5.36. The number of nitrogens with one attached hydrogen (secondary N) is 1. The Morgan fingerprint density at radius 2 is 1.40 bits per heavy atom. The zero-order valence-corrected chi connectivity index (χ0v) is 43.0. The van der Waals surface area contributed by atoms with Crippen molar-refractivity contribution in [2.24, 2.45) is 30.7 Å². The molecule has 0 radical (unpaired) electrons. The fourth-order valence-corrected chi connectivity index (χ4v) is 11.5. The average molecular weight is 1140 g/mol. The lowest BCUT2D eigenvalue weighted by Gasteiger charge is -2.13. The second-order valence-electron chi connectivity index (χ2n) is 15.9. The zero-order chi connectivity index (χ0) is 54.7. The van der Waals surface area contributed by atoms with Crippen molar-refractivity contribution in [3.05, 3.63) is 83.4 Å². The molecule has 0 fully saturated rings. The van der Waals surface area contributed by atoms with E-state index in [-0.39, 0.29) is 72.6 Å². The highest BCUT2D eigenvalue weighted by atomic mass is 32.2. The molecule has 8 rings (SSSR count). The molecular weight excluding hydrogens is 1110 g/mol. The maximum Gasteiger partial charge on any atom is 0.297 e. The van der Waals surface area contributed by atoms with Crippen LogP contribution in [0.4, 0.5) is 39.3 Å². The molecular formula is C41H33N11O17S6. The molecule has 0 aliphatic heterocycles. The summed E-state index contributed by atoms with van der Waals surface area (Å²) in [5.41, 5.74) is -1.73. The summed E-state index contributed by atoms with van der Waals surface area (Å²) in [6, 6.07) is 15.5. The molecule has 0 saturated carbocycles. The number of aryl methyl sites for hydroxylation is 1. The molecule has 75 heavy (non-hydrogen) atoms. The van der Waals surface area contributed by atoms with Crippen LogP contribution in [0, 0.1) is 25.2 Å². The number of sulfonamides is 1. The summed E-state index contributed by atoms with van der Waals surface area (Å²) in [5, 5.41) is 55.5. The van der Waals surface area contributed by atoms with Gasteiger partial charge in [-0.05, 0) is 74.4 Å². The van der Waals surface area contributed by atoms with E-state index in [1.165, 1.54) is 36.4 Å². The number of phenolic OH excluding ortho intramolecular Hbond substituents is 1. The number of pyridine rings is 1. The van der Waals surface area contributed by atoms with Gasteiger partial charge in [0, 0.05) is 22.4 Å². The zero-order valence-electron chi connectivity index (χ0n) is 38.1. The molecule has 7 N–H and O–H groups in total. The lowest BCUT2D eigenvalue weighted by atomic mass is 10.1. The average Bonchev–Trinajstić information content (AvgIpc) is 3.89. The highest BCUT2D eigenvalue weighted by Crippen LogP contribution is 2.47. The van der Waals surface area contributed by atoms with Gasteiger partial charge in [-0.25, -0.2) is 18.4 Å². The maximum absolute atomic E-state index is 13.1. The van der Waals surface area contributed by atoms with Crippen LogP contribution in [-0.2, 0) is 50.5 Å². The first kappa shape index (κ1) is 53.6. The van der Waals surface area contributed by atoms with E-state index in [4.69, 9.17) is 4.74 Å². The van der Waals surface area contributed by atoms with Crippen molar-refractivity contribution in [2.75, 3.05) is 23.3 Å². The van der Waals surface area contributed by atoms with Crippen LogP contribution in [-0.4, -0.2) is 103 Å². The number of nitriles is 1. The minimum atomic E-state index is -5.49. The van der Waals surface area contributed by atoms with Gasteiger partial charge in [0.15, 0.2) is 17.1 Å². The summed E-state index contributed by atoms with van der Waals surface area (Å²) in [6.07, 6.45) is 0.515. The van der Waals surface area contributed by atoms with Crippen molar-refractivity contribution in [3.8, 4) is 23.4 Å². The molecule has 0 aliphatic carbocycles. The number of aromatic hydroxyl groups is 2. The van der Waals surface area contributed by atoms with Crippen molar-refractivity contribution in [2.45, 2.75) is 35.0 Å². The monoisotopic (exact) mass is 1140 g/mol. The number of hydrogen-bond donors (Lipinski definition) is 7. The number of anilines is 1. The number of benzene rings is 5. The second-order valence-corrected chi connectivity index (χ2v) is 24.4. The van der Waals surface area contributed by atoms with Gasteiger partial charge in [-0.1, -0.05) is 23.5 Å². The van der Waals surface area contributed by atoms with Gasteiger partial charge in [-0.15, -0.1) is 30.7 Å². The Bertz CT molecular complexity index is 4500. The van der Waals surface area contributed by atoms with Gasteiger partial charge in [-0.3, -0.25) is 27.3 Å². The van der Waals surface area contributed by atoms with Crippen LogP contribution in [0.25, 0.3) is 37.7 Å². The first-order valence-electron chi connectivity index (χ1n) is 20.6. The fraction of sp³-hybridized carbons (Fsp3) is 0.146. The predicted octanol–water partition coefficient (Wildman–Crippen LogP) is 8.16. The second kappa shape index (κ2) is 19.5. The molecule has 0 saturated heterocycles. The molecule has 34 heteroatoms. The SMILES string of the molecule is Cc1cc(N=Nc2c(S(=O)(=O)O)cc3c(S(=O)(=O)O)c(N=Nc4c(C)c(C#N)c5nc6ccccc6n5c4O)ccc3c2O)c(OCCCS(=O)(=O)O)cc1N=Nc1nc2c(S(=O)(=O)O)cc(NS(C)(=O)=O)cc2s1. The van der Waals surface area contributed by atoms with Gasteiger partial charge in [-0.2, -0.15) is 38.9 Å². The number of para-hydroxylation sites is 2. The minimum absolute atomic E-state index is 0.0167. The maximum atomic E-state index is 13.1. The van der Waals surface area contributed by atoms with E-state index in [1.54, 1.807) is 24.3 Å². The number of rotatable bonds is 16. The Hall–Kier alpha value is -7.72. The van der Waals surface area contributed by atoms with Crippen LogP contribution in [0.5, 0.6) is 17.4 Å². The number of phenols is 1. The third-order valence-electron chi connectivity index (χ3n) is 10.6. The Kier molecular flexibility index (Phi) is 13.9. The van der Waals surface area contributed by atoms with Crippen LogP contribution in [0.1, 0.15) is 23.1 Å². The highest BCUT2D eigenvalue weighted by Gasteiger charge is 2.29. The number of ether oxygens (including phenoxy) is 1. The topological polar surface area (TPSA) is 441 Å². The number of fused-ring (bicyclic) bond motifs is 5. The van der Waals surface area contributed by atoms with Gasteiger partial charge in [0.05, 0.1) is 45.7 Å². The molecule has 390 valence electrons. The number of thiazole rings is 1. The number of nitrogens with zero attached hydrogens (tertiary/aromatic N) is 10. The molecule has 0 amide bonds. The molecule has 8 aromatic rings. The van der Waals surface area contributed by atoms with Crippen molar-refractivity contribution >= 4 is 139 Å². The van der Waals surface area contributed by atoms with Gasteiger partial charge in [0.1, 0.15) is 54.6 Å². The van der Waals surface area contributed by atoms with E-state index in [2.05, 4.69) is 45.4 Å². The smallest absolute Gasteiger partial charge is 0.297 e. The lowest BCUT2D eigenvalue weighted by Crippen LogP contribution is -2.10. The van der Waals surface area contributed by atoms with E-state index in [0.29, 0.717) is 17.1 Å². The van der Waals surface area contributed by atoms with E-state index >= 15 is 0 Å². The fourth-order valence-electron chi connectivity index (χ4n) is 7.44. The molecule has 28 nitrogen and oxygen atoms in total. The number of hydrogen-bond acceptors (Lipinski definition) is 23. The van der Waals surface area contributed by atoms with Gasteiger partial charge in [0.2, 0.25) is 21.0 Å². The summed E-state index contributed by atoms with van der Waals surface area (Å²) in [7, 11) is -24.3. The third kappa shape index (κ3) is 11.2. The first-order valence-corrected chi connectivity index (χ1v) is 29.3. The molecule has 0 atom stereocenters. The van der Waals surface area contributed by atoms with E-state index in [0.717, 1.165) is 35.8 Å². The quantitative estimate of drug-likeness (QED) is 0.0272. The molecule has 0 spiro atoms. The summed E-state index contributed by atoms with van der Waals surface area (Å²) >= 11 is 0.738. The molecule has 0 bridgehead atoms. The lowest BCUT2D eigenvalue weighted by molar-refractivity contribution is 0.317. The van der Waals surface area contributed by atoms with E-state index in [9.17, 15) is 75.8 Å².